The highest BCUT2D eigenvalue weighted by Crippen LogP contribution is 2.50. The number of nitrogens with zero attached hydrogens (tertiary/aromatic N) is 2. The maximum atomic E-state index is 4.81. The van der Waals surface area contributed by atoms with Crippen molar-refractivity contribution < 1.29 is 0 Å². The second-order valence-corrected chi connectivity index (χ2v) is 6.48. The van der Waals surface area contributed by atoms with E-state index in [0.29, 0.717) is 11.3 Å². The lowest BCUT2D eigenvalue weighted by Crippen LogP contribution is -2.04. The van der Waals surface area contributed by atoms with E-state index in [1.165, 1.54) is 11.1 Å². The third-order valence-corrected chi connectivity index (χ3v) is 5.44. The number of rotatable bonds is 2. The van der Waals surface area contributed by atoms with E-state index in [1.807, 2.05) is 17.8 Å². The zero-order valence-corrected chi connectivity index (χ0v) is 12.6. The molecule has 1 aliphatic heterocycles. The number of fused-ring (bicyclic) bond motifs is 1. The highest BCUT2D eigenvalue weighted by atomic mass is 32.2. The van der Waals surface area contributed by atoms with Gasteiger partial charge in [-0.3, -0.25) is 0 Å². The number of thioether (sulfide) groups is 1. The molecule has 3 heteroatoms. The lowest BCUT2D eigenvalue weighted by atomic mass is 10.1. The van der Waals surface area contributed by atoms with Crippen molar-refractivity contribution in [2.75, 3.05) is 0 Å². The fourth-order valence-corrected chi connectivity index (χ4v) is 4.19. The number of benzene rings is 2. The second-order valence-electron chi connectivity index (χ2n) is 5.37. The van der Waals surface area contributed by atoms with Gasteiger partial charge in [-0.2, -0.15) is 0 Å². The molecule has 104 valence electrons. The summed E-state index contributed by atoms with van der Waals surface area (Å²) >= 11 is 1.86. The largest absolute Gasteiger partial charge is 0.321 e. The van der Waals surface area contributed by atoms with Crippen LogP contribution in [0.3, 0.4) is 0 Å². The Labute approximate surface area is 128 Å². The summed E-state index contributed by atoms with van der Waals surface area (Å²) in [4.78, 5) is 4.81. The zero-order chi connectivity index (χ0) is 14.2. The van der Waals surface area contributed by atoms with Gasteiger partial charge >= 0.3 is 0 Å². The lowest BCUT2D eigenvalue weighted by molar-refractivity contribution is 0.525. The topological polar surface area (TPSA) is 17.8 Å². The van der Waals surface area contributed by atoms with Gasteiger partial charge in [0.2, 0.25) is 0 Å². The molecule has 1 aromatic heterocycles. The molecule has 0 saturated carbocycles. The molecule has 0 aliphatic carbocycles. The van der Waals surface area contributed by atoms with E-state index < -0.39 is 0 Å². The van der Waals surface area contributed by atoms with Crippen molar-refractivity contribution in [3.05, 3.63) is 72.4 Å². The van der Waals surface area contributed by atoms with E-state index in [2.05, 4.69) is 72.3 Å². The normalized spacial score (nSPS) is 20.4. The van der Waals surface area contributed by atoms with Gasteiger partial charge in [0.05, 0.1) is 10.9 Å². The molecule has 0 fully saturated rings. The second kappa shape index (κ2) is 5.08. The van der Waals surface area contributed by atoms with Gasteiger partial charge in [-0.1, -0.05) is 72.4 Å². The minimum Gasteiger partial charge on any atom is -0.321 e. The van der Waals surface area contributed by atoms with Gasteiger partial charge in [0.1, 0.15) is 0 Å². The third-order valence-electron chi connectivity index (χ3n) is 4.01. The Bertz CT molecular complexity index is 749. The van der Waals surface area contributed by atoms with E-state index in [0.717, 1.165) is 10.9 Å². The smallest absolute Gasteiger partial charge is 0.169 e. The van der Waals surface area contributed by atoms with Crippen LogP contribution in [0.1, 0.15) is 23.8 Å². The summed E-state index contributed by atoms with van der Waals surface area (Å²) < 4.78 is 2.31. The SMILES string of the molecule is CC1C(c2ccccc2)Sc2nc(-c3ccccc3)cn21. The van der Waals surface area contributed by atoms with Crippen molar-refractivity contribution in [1.29, 1.82) is 0 Å². The van der Waals surface area contributed by atoms with Crippen LogP contribution in [-0.4, -0.2) is 9.55 Å². The Hall–Kier alpha value is -2.00. The molecule has 0 amide bonds. The Kier molecular flexibility index (Phi) is 3.08. The van der Waals surface area contributed by atoms with E-state index in [4.69, 9.17) is 4.98 Å². The van der Waals surface area contributed by atoms with Gasteiger partial charge in [0, 0.05) is 17.8 Å². The maximum Gasteiger partial charge on any atom is 0.169 e. The molecule has 2 unspecified atom stereocenters. The van der Waals surface area contributed by atoms with Crippen LogP contribution in [0.15, 0.2) is 72.0 Å². The molecule has 0 radical (unpaired) electrons. The quantitative estimate of drug-likeness (QED) is 0.664. The van der Waals surface area contributed by atoms with Crippen LogP contribution in [0.2, 0.25) is 0 Å². The van der Waals surface area contributed by atoms with E-state index >= 15 is 0 Å². The highest BCUT2D eigenvalue weighted by molar-refractivity contribution is 7.99. The Morgan fingerprint density at radius 2 is 1.62 bits per heavy atom. The molecule has 0 saturated heterocycles. The molecule has 0 bridgehead atoms. The summed E-state index contributed by atoms with van der Waals surface area (Å²) in [6.07, 6.45) is 2.19. The Morgan fingerprint density at radius 1 is 0.952 bits per heavy atom. The summed E-state index contributed by atoms with van der Waals surface area (Å²) in [5.41, 5.74) is 3.63. The summed E-state index contributed by atoms with van der Waals surface area (Å²) in [6.45, 7) is 2.28. The molecular formula is C18H16N2S. The van der Waals surface area contributed by atoms with Gasteiger partial charge in [-0.25, -0.2) is 4.98 Å². The molecule has 0 N–H and O–H groups in total. The molecule has 2 heterocycles. The van der Waals surface area contributed by atoms with Gasteiger partial charge in [0.15, 0.2) is 5.16 Å². The summed E-state index contributed by atoms with van der Waals surface area (Å²) in [5, 5.41) is 1.58. The Morgan fingerprint density at radius 3 is 2.29 bits per heavy atom. The van der Waals surface area contributed by atoms with E-state index in [-0.39, 0.29) is 0 Å². The minimum absolute atomic E-state index is 0.428. The highest BCUT2D eigenvalue weighted by Gasteiger charge is 2.32. The molecule has 0 spiro atoms. The summed E-state index contributed by atoms with van der Waals surface area (Å²) in [7, 11) is 0. The molecule has 4 rings (SSSR count). The average molecular weight is 292 g/mol. The van der Waals surface area contributed by atoms with Crippen LogP contribution >= 0.6 is 11.8 Å². The average Bonchev–Trinajstić information content (AvgIpc) is 3.09. The molecule has 1 aliphatic rings. The molecule has 3 aromatic rings. The van der Waals surface area contributed by atoms with Crippen molar-refractivity contribution in [2.45, 2.75) is 23.4 Å². The first kappa shape index (κ1) is 12.7. The predicted octanol–water partition coefficient (Wildman–Crippen LogP) is 4.96. The molecule has 2 atom stereocenters. The van der Waals surface area contributed by atoms with Gasteiger partial charge in [-0.05, 0) is 12.5 Å². The van der Waals surface area contributed by atoms with Gasteiger partial charge in [0.25, 0.3) is 0 Å². The fourth-order valence-electron chi connectivity index (χ4n) is 2.85. The summed E-state index contributed by atoms with van der Waals surface area (Å²) in [6, 6.07) is 21.5. The number of hydrogen-bond acceptors (Lipinski definition) is 2. The first-order chi connectivity index (χ1) is 10.3. The van der Waals surface area contributed by atoms with Crippen LogP contribution in [0.5, 0.6) is 0 Å². The van der Waals surface area contributed by atoms with Crippen LogP contribution in [0.25, 0.3) is 11.3 Å². The van der Waals surface area contributed by atoms with Crippen LogP contribution in [0.4, 0.5) is 0 Å². The van der Waals surface area contributed by atoms with Gasteiger partial charge in [-0.15, -0.1) is 0 Å². The zero-order valence-electron chi connectivity index (χ0n) is 11.8. The van der Waals surface area contributed by atoms with Crippen molar-refractivity contribution in [1.82, 2.24) is 9.55 Å². The van der Waals surface area contributed by atoms with Crippen LogP contribution in [0, 0.1) is 0 Å². The molecule has 2 nitrogen and oxygen atoms in total. The maximum absolute atomic E-state index is 4.81. The van der Waals surface area contributed by atoms with Crippen molar-refractivity contribution in [3.63, 3.8) is 0 Å². The molecule has 21 heavy (non-hydrogen) atoms. The Balaban J connectivity index is 1.67. The first-order valence-corrected chi connectivity index (χ1v) is 8.07. The fraction of sp³-hybridized carbons (Fsp3) is 0.167. The van der Waals surface area contributed by atoms with Crippen molar-refractivity contribution in [2.24, 2.45) is 0 Å². The van der Waals surface area contributed by atoms with E-state index in [9.17, 15) is 0 Å². The van der Waals surface area contributed by atoms with Crippen molar-refractivity contribution in [3.8, 4) is 11.3 Å². The number of imidazole rings is 1. The monoisotopic (exact) mass is 292 g/mol. The van der Waals surface area contributed by atoms with E-state index in [1.54, 1.807) is 0 Å². The van der Waals surface area contributed by atoms with Crippen molar-refractivity contribution >= 4 is 11.8 Å². The summed E-state index contributed by atoms with van der Waals surface area (Å²) in [5.74, 6) is 0. The van der Waals surface area contributed by atoms with Crippen LogP contribution < -0.4 is 0 Å². The third kappa shape index (κ3) is 2.18. The first-order valence-electron chi connectivity index (χ1n) is 7.19. The molecule has 2 aromatic carbocycles. The number of hydrogen-bond donors (Lipinski definition) is 0. The predicted molar refractivity (Wildman–Crippen MR) is 87.4 cm³/mol. The lowest BCUT2D eigenvalue weighted by Gasteiger charge is -2.16. The van der Waals surface area contributed by atoms with Crippen LogP contribution in [-0.2, 0) is 0 Å². The molecular weight excluding hydrogens is 276 g/mol. The van der Waals surface area contributed by atoms with Gasteiger partial charge < -0.3 is 4.57 Å². The minimum atomic E-state index is 0.428. The number of aromatic nitrogens is 2. The standard InChI is InChI=1S/C18H16N2S/c1-13-17(15-10-6-3-7-11-15)21-18-19-16(12-20(13)18)14-8-4-2-5-9-14/h2-13,17H,1H3.